The van der Waals surface area contributed by atoms with Crippen molar-refractivity contribution in [3.8, 4) is 69.3 Å². The zero-order valence-electron chi connectivity index (χ0n) is 46.2. The molecule has 0 fully saturated rings. The maximum atomic E-state index is 10.1. The lowest BCUT2D eigenvalue weighted by molar-refractivity contribution is 1.18. The minimum Gasteiger partial charge on any atom is -0.309 e. The number of aromatic nitrogens is 4. The lowest BCUT2D eigenvalue weighted by atomic mass is 9.31. The Labute approximate surface area is 496 Å². The maximum absolute atomic E-state index is 10.1. The first-order chi connectivity index (χ1) is 43.0. The number of hydrogen-bond acceptors (Lipinski definition) is 4. The molecule has 9 heteroatoms. The van der Waals surface area contributed by atoms with Crippen molar-refractivity contribution in [3.05, 3.63) is 259 Å². The molecule has 19 rings (SSSR count). The maximum Gasteiger partial charge on any atom is 0.244 e. The smallest absolute Gasteiger partial charge is 0.244 e. The van der Waals surface area contributed by atoms with Crippen LogP contribution in [0.4, 0.5) is 0 Å². The Morgan fingerprint density at radius 2 is 0.517 bits per heavy atom. The molecule has 0 N–H and O–H groups in total. The number of benzene rings is 13. The summed E-state index contributed by atoms with van der Waals surface area (Å²) in [5.41, 5.74) is 23.0. The second-order valence-corrected chi connectivity index (χ2v) is 23.1. The first-order valence-corrected chi connectivity index (χ1v) is 29.1. The number of hydrogen-bond donors (Lipinski definition) is 0. The molecule has 0 saturated carbocycles. The van der Waals surface area contributed by atoms with Crippen LogP contribution in [0.15, 0.2) is 237 Å². The van der Waals surface area contributed by atoms with E-state index in [2.05, 4.69) is 231 Å². The molecule has 2 aliphatic heterocycles. The van der Waals surface area contributed by atoms with Gasteiger partial charge in [-0.1, -0.05) is 107 Å². The molecular formula is C78H39BN8. The number of fused-ring (bicyclic) bond motifs is 20. The van der Waals surface area contributed by atoms with Crippen LogP contribution < -0.4 is 16.4 Å². The summed E-state index contributed by atoms with van der Waals surface area (Å²) in [6, 6.07) is 93.2. The van der Waals surface area contributed by atoms with Gasteiger partial charge in [0.25, 0.3) is 0 Å². The van der Waals surface area contributed by atoms with Gasteiger partial charge < -0.3 is 18.3 Å². The topological polar surface area (TPSA) is 115 Å². The van der Waals surface area contributed by atoms with E-state index in [0.717, 1.165) is 121 Å². The minimum absolute atomic E-state index is 0.275. The van der Waals surface area contributed by atoms with Crippen LogP contribution >= 0.6 is 0 Å². The minimum atomic E-state index is -0.275. The fraction of sp³-hybridized carbons (Fsp3) is 0. The predicted molar refractivity (Wildman–Crippen MR) is 353 cm³/mol. The van der Waals surface area contributed by atoms with Crippen molar-refractivity contribution in [1.82, 2.24) is 18.3 Å². The first kappa shape index (κ1) is 47.1. The zero-order valence-corrected chi connectivity index (χ0v) is 46.2. The summed E-state index contributed by atoms with van der Waals surface area (Å²) in [5.74, 6) is 0. The van der Waals surface area contributed by atoms with Gasteiger partial charge >= 0.3 is 0 Å². The summed E-state index contributed by atoms with van der Waals surface area (Å²) in [4.78, 5) is 0. The van der Waals surface area contributed by atoms with Gasteiger partial charge in [-0.05, 0) is 179 Å². The van der Waals surface area contributed by atoms with E-state index >= 15 is 0 Å². The molecule has 0 bridgehead atoms. The van der Waals surface area contributed by atoms with Crippen LogP contribution in [0.3, 0.4) is 0 Å². The molecule has 0 spiro atoms. The van der Waals surface area contributed by atoms with Crippen molar-refractivity contribution in [2.75, 3.05) is 0 Å². The van der Waals surface area contributed by atoms with E-state index < -0.39 is 0 Å². The highest BCUT2D eigenvalue weighted by Crippen LogP contribution is 2.52. The molecule has 8 nitrogen and oxygen atoms in total. The molecule has 0 saturated heterocycles. The Hall–Kier alpha value is -12.4. The van der Waals surface area contributed by atoms with Gasteiger partial charge in [0.05, 0.1) is 90.7 Å². The van der Waals surface area contributed by atoms with E-state index in [0.29, 0.717) is 22.3 Å². The molecule has 4 aromatic heterocycles. The van der Waals surface area contributed by atoms with Crippen molar-refractivity contribution < 1.29 is 0 Å². The third-order valence-corrected chi connectivity index (χ3v) is 19.0. The molecule has 0 atom stereocenters. The summed E-state index contributed by atoms with van der Waals surface area (Å²) in [6.45, 7) is -0.275. The van der Waals surface area contributed by atoms with Crippen LogP contribution in [0.5, 0.6) is 0 Å². The Bertz CT molecular complexity index is 5790. The molecule has 0 unspecified atom stereocenters. The van der Waals surface area contributed by atoms with Gasteiger partial charge in [0.15, 0.2) is 0 Å². The molecule has 13 aromatic carbocycles. The van der Waals surface area contributed by atoms with Gasteiger partial charge in [-0.15, -0.1) is 0 Å². The van der Waals surface area contributed by atoms with E-state index in [1.165, 1.54) is 49.1 Å². The molecular weight excluding hydrogens is 1060 g/mol. The second kappa shape index (κ2) is 17.1. The number of para-hydroxylation sites is 4. The van der Waals surface area contributed by atoms with Crippen molar-refractivity contribution in [1.29, 1.82) is 21.0 Å². The summed E-state index contributed by atoms with van der Waals surface area (Å²) in [6.07, 6.45) is 0. The van der Waals surface area contributed by atoms with Gasteiger partial charge in [0, 0.05) is 76.6 Å². The fourth-order valence-corrected chi connectivity index (χ4v) is 15.7. The van der Waals surface area contributed by atoms with Gasteiger partial charge in [0.1, 0.15) is 0 Å². The van der Waals surface area contributed by atoms with Crippen LogP contribution in [0.1, 0.15) is 22.3 Å². The Morgan fingerprint density at radius 3 is 0.805 bits per heavy atom. The van der Waals surface area contributed by atoms with Gasteiger partial charge in [-0.25, -0.2) is 0 Å². The Balaban J connectivity index is 1.06. The standard InChI is InChI=1S/C78H39BN8/c80-40-44-20-28-48(29-21-44)84-62-16-5-1-10-54(62)72-66(84)36-58-52-14-9-15-53-59-37-67-73(55-11-2-6-17-63(55)85(67)49-30-22-45(41-81)23-31-49)77-71(59)61(39-69-75(77)57-13-4-8-19-65(57)87(69)51-34-26-47(43-83)27-35-51)79(78(52)53)60-38-68-74(76(72)70(58)60)56-12-3-7-18-64(56)86(68)50-32-24-46(42-82)25-33-50/h1-39H. The predicted octanol–water partition coefficient (Wildman–Crippen LogP) is 16.3. The molecule has 87 heavy (non-hydrogen) atoms. The highest BCUT2D eigenvalue weighted by molar-refractivity contribution is 7.02. The highest BCUT2D eigenvalue weighted by atomic mass is 15.0. The van der Waals surface area contributed by atoms with Crippen LogP contribution in [0.2, 0.25) is 0 Å². The summed E-state index contributed by atoms with van der Waals surface area (Å²) in [5, 5.41) is 54.2. The van der Waals surface area contributed by atoms with Crippen molar-refractivity contribution >= 4 is 132 Å². The average Bonchev–Trinajstić information content (AvgIpc) is 1.65. The average molecular weight is 1100 g/mol. The van der Waals surface area contributed by atoms with E-state index in [-0.39, 0.29) is 6.71 Å². The van der Waals surface area contributed by atoms with Crippen molar-refractivity contribution in [3.63, 3.8) is 0 Å². The number of rotatable bonds is 4. The van der Waals surface area contributed by atoms with Crippen molar-refractivity contribution in [2.45, 2.75) is 0 Å². The number of nitrogens with zero attached hydrogens (tertiary/aromatic N) is 8. The monoisotopic (exact) mass is 1100 g/mol. The lowest BCUT2D eigenvalue weighted by Crippen LogP contribution is -2.57. The van der Waals surface area contributed by atoms with Crippen molar-refractivity contribution in [2.24, 2.45) is 0 Å². The summed E-state index contributed by atoms with van der Waals surface area (Å²) < 4.78 is 9.58. The molecule has 394 valence electrons. The highest BCUT2D eigenvalue weighted by Gasteiger charge is 2.42. The third kappa shape index (κ3) is 6.06. The van der Waals surface area contributed by atoms with E-state index in [4.69, 9.17) is 0 Å². The quantitative estimate of drug-likeness (QED) is 0.163. The summed E-state index contributed by atoms with van der Waals surface area (Å²) in [7, 11) is 0. The van der Waals surface area contributed by atoms with Gasteiger partial charge in [-0.3, -0.25) is 0 Å². The van der Waals surface area contributed by atoms with E-state index in [1.807, 2.05) is 48.5 Å². The normalized spacial score (nSPS) is 12.3. The van der Waals surface area contributed by atoms with Crippen LogP contribution in [-0.4, -0.2) is 25.0 Å². The van der Waals surface area contributed by atoms with Crippen LogP contribution in [0.25, 0.3) is 154 Å². The first-order valence-electron chi connectivity index (χ1n) is 29.1. The molecule has 6 heterocycles. The molecule has 2 aliphatic rings. The van der Waals surface area contributed by atoms with Gasteiger partial charge in [0.2, 0.25) is 6.71 Å². The zero-order chi connectivity index (χ0) is 57.5. The largest absolute Gasteiger partial charge is 0.309 e. The van der Waals surface area contributed by atoms with Gasteiger partial charge in [-0.2, -0.15) is 21.0 Å². The second-order valence-electron chi connectivity index (χ2n) is 23.1. The Morgan fingerprint density at radius 1 is 0.241 bits per heavy atom. The molecule has 0 aliphatic carbocycles. The molecule has 0 radical (unpaired) electrons. The molecule has 0 amide bonds. The van der Waals surface area contributed by atoms with Crippen LogP contribution in [0, 0.1) is 45.3 Å². The fourth-order valence-electron chi connectivity index (χ4n) is 15.7. The van der Waals surface area contributed by atoms with E-state index in [9.17, 15) is 21.0 Å². The lowest BCUT2D eigenvalue weighted by Gasteiger charge is -2.35. The third-order valence-electron chi connectivity index (χ3n) is 19.0. The molecule has 17 aromatic rings. The SMILES string of the molecule is N#Cc1ccc(-n2c3ccccc3c3c4c5c(cc32)B2c3c(cccc3-c3cc6c(c7ccccc7n6-c6ccc(C#N)cc6)c6c3c2cc2c6c3ccccc3n2-c2ccc(C#N)cc2)-c5cc2c4c3ccccc3n2-c2ccc(C#N)cc2)cc1. The van der Waals surface area contributed by atoms with Crippen LogP contribution in [-0.2, 0) is 0 Å². The number of nitriles is 4. The summed E-state index contributed by atoms with van der Waals surface area (Å²) >= 11 is 0. The van der Waals surface area contributed by atoms with E-state index in [1.54, 1.807) is 0 Å². The Kier molecular flexibility index (Phi) is 9.27.